The molecule has 1 aromatic rings. The van der Waals surface area contributed by atoms with Gasteiger partial charge in [-0.1, -0.05) is 30.3 Å². The monoisotopic (exact) mass is 216 g/mol. The lowest BCUT2D eigenvalue weighted by atomic mass is 9.93. The second-order valence-electron chi connectivity index (χ2n) is 3.56. The molecule has 2 nitrogen and oxygen atoms in total. The molecule has 0 bridgehead atoms. The number of alkyl halides is 3. The van der Waals surface area contributed by atoms with E-state index in [1.54, 1.807) is 30.3 Å². The highest BCUT2D eigenvalue weighted by atomic mass is 19.4. The smallest absolute Gasteiger partial charge is 0.257 e. The Morgan fingerprint density at radius 1 is 1.13 bits per heavy atom. The zero-order valence-electron chi connectivity index (χ0n) is 7.88. The lowest BCUT2D eigenvalue weighted by molar-refractivity contribution is -0.156. The lowest BCUT2D eigenvalue weighted by Gasteiger charge is -2.21. The minimum Gasteiger partial charge on any atom is -0.257 e. The second kappa shape index (κ2) is 3.83. The third-order valence-corrected chi connectivity index (χ3v) is 2.56. The van der Waals surface area contributed by atoms with Gasteiger partial charge in [0.1, 0.15) is 6.04 Å². The SMILES string of the molecule is FC(F)(F)C1NNCC1c1ccccc1. The van der Waals surface area contributed by atoms with E-state index in [4.69, 9.17) is 0 Å². The Labute approximate surface area is 85.5 Å². The summed E-state index contributed by atoms with van der Waals surface area (Å²) in [7, 11) is 0. The fourth-order valence-corrected chi connectivity index (χ4v) is 1.82. The van der Waals surface area contributed by atoms with Crippen LogP contribution < -0.4 is 10.9 Å². The van der Waals surface area contributed by atoms with Gasteiger partial charge in [-0.2, -0.15) is 13.2 Å². The summed E-state index contributed by atoms with van der Waals surface area (Å²) in [5.41, 5.74) is 5.53. The van der Waals surface area contributed by atoms with Gasteiger partial charge in [-0.25, -0.2) is 5.43 Å². The van der Waals surface area contributed by atoms with Crippen LogP contribution in [0.5, 0.6) is 0 Å². The first kappa shape index (κ1) is 10.4. The quantitative estimate of drug-likeness (QED) is 0.748. The zero-order valence-corrected chi connectivity index (χ0v) is 7.88. The van der Waals surface area contributed by atoms with Crippen molar-refractivity contribution in [3.63, 3.8) is 0 Å². The van der Waals surface area contributed by atoms with E-state index in [0.29, 0.717) is 12.1 Å². The van der Waals surface area contributed by atoms with Gasteiger partial charge >= 0.3 is 6.18 Å². The van der Waals surface area contributed by atoms with Crippen LogP contribution in [0, 0.1) is 0 Å². The molecule has 1 aliphatic rings. The zero-order chi connectivity index (χ0) is 10.9. The molecule has 2 N–H and O–H groups in total. The van der Waals surface area contributed by atoms with Crippen LogP contribution in [-0.2, 0) is 0 Å². The standard InChI is InChI=1S/C10H11F3N2/c11-10(12,13)9-8(6-14-15-9)7-4-2-1-3-5-7/h1-5,8-9,14-15H,6H2. The molecule has 2 atom stereocenters. The predicted molar refractivity (Wildman–Crippen MR) is 50.2 cm³/mol. The Kier molecular flexibility index (Phi) is 2.67. The third-order valence-electron chi connectivity index (χ3n) is 2.56. The number of halogens is 3. The highest BCUT2D eigenvalue weighted by molar-refractivity contribution is 5.23. The van der Waals surface area contributed by atoms with Crippen molar-refractivity contribution >= 4 is 0 Å². The summed E-state index contributed by atoms with van der Waals surface area (Å²) >= 11 is 0. The van der Waals surface area contributed by atoms with E-state index in [1.807, 2.05) is 0 Å². The van der Waals surface area contributed by atoms with Crippen molar-refractivity contribution in [2.24, 2.45) is 0 Å². The molecule has 5 heteroatoms. The fourth-order valence-electron chi connectivity index (χ4n) is 1.82. The molecule has 15 heavy (non-hydrogen) atoms. The van der Waals surface area contributed by atoms with Gasteiger partial charge in [0, 0.05) is 12.5 Å². The Morgan fingerprint density at radius 3 is 2.40 bits per heavy atom. The van der Waals surface area contributed by atoms with Gasteiger partial charge in [-0.15, -0.1) is 0 Å². The van der Waals surface area contributed by atoms with Gasteiger partial charge in [0.05, 0.1) is 0 Å². The molecule has 0 amide bonds. The van der Waals surface area contributed by atoms with E-state index >= 15 is 0 Å². The molecule has 0 spiro atoms. The molecule has 1 saturated heterocycles. The first-order valence-electron chi connectivity index (χ1n) is 4.69. The average molecular weight is 216 g/mol. The van der Waals surface area contributed by atoms with E-state index < -0.39 is 18.1 Å². The Balaban J connectivity index is 2.23. The van der Waals surface area contributed by atoms with Crippen molar-refractivity contribution in [2.75, 3.05) is 6.54 Å². The highest BCUT2D eigenvalue weighted by Gasteiger charge is 2.47. The molecule has 82 valence electrons. The minimum atomic E-state index is -4.22. The Bertz CT molecular complexity index is 323. The molecule has 1 fully saturated rings. The van der Waals surface area contributed by atoms with E-state index in [1.165, 1.54) is 0 Å². The first-order valence-corrected chi connectivity index (χ1v) is 4.69. The minimum absolute atomic E-state index is 0.300. The van der Waals surface area contributed by atoms with Crippen molar-refractivity contribution in [2.45, 2.75) is 18.1 Å². The number of rotatable bonds is 1. The van der Waals surface area contributed by atoms with Crippen molar-refractivity contribution in [3.05, 3.63) is 35.9 Å². The third kappa shape index (κ3) is 2.13. The number of hydrazine groups is 1. The van der Waals surface area contributed by atoms with Crippen LogP contribution in [0.2, 0.25) is 0 Å². The second-order valence-corrected chi connectivity index (χ2v) is 3.56. The average Bonchev–Trinajstić information content (AvgIpc) is 2.67. The van der Waals surface area contributed by atoms with Gasteiger partial charge in [0.2, 0.25) is 0 Å². The van der Waals surface area contributed by atoms with Crippen LogP contribution in [0.3, 0.4) is 0 Å². The van der Waals surface area contributed by atoms with Crippen molar-refractivity contribution in [1.29, 1.82) is 0 Å². The summed E-state index contributed by atoms with van der Waals surface area (Å²) in [6.07, 6.45) is -4.22. The van der Waals surface area contributed by atoms with Crippen LogP contribution in [0.1, 0.15) is 11.5 Å². The van der Waals surface area contributed by atoms with Crippen molar-refractivity contribution in [1.82, 2.24) is 10.9 Å². The molecule has 2 rings (SSSR count). The summed E-state index contributed by atoms with van der Waals surface area (Å²) < 4.78 is 37.8. The molecule has 0 aliphatic carbocycles. The summed E-state index contributed by atoms with van der Waals surface area (Å²) in [4.78, 5) is 0. The summed E-state index contributed by atoms with van der Waals surface area (Å²) in [6, 6.07) is 7.24. The molecule has 1 aliphatic heterocycles. The lowest BCUT2D eigenvalue weighted by Crippen LogP contribution is -2.43. The van der Waals surface area contributed by atoms with Gasteiger partial charge < -0.3 is 0 Å². The van der Waals surface area contributed by atoms with E-state index in [0.717, 1.165) is 0 Å². The molecule has 0 saturated carbocycles. The molecule has 1 aromatic carbocycles. The normalized spacial score (nSPS) is 26.9. The van der Waals surface area contributed by atoms with Crippen LogP contribution in [0.15, 0.2) is 30.3 Å². The van der Waals surface area contributed by atoms with Crippen LogP contribution in [0.4, 0.5) is 13.2 Å². The molecular weight excluding hydrogens is 205 g/mol. The molecular formula is C10H11F3N2. The number of hydrogen-bond donors (Lipinski definition) is 2. The largest absolute Gasteiger partial charge is 0.405 e. The Morgan fingerprint density at radius 2 is 1.80 bits per heavy atom. The van der Waals surface area contributed by atoms with Crippen LogP contribution in [-0.4, -0.2) is 18.8 Å². The molecule has 0 aromatic heterocycles. The van der Waals surface area contributed by atoms with E-state index in [2.05, 4.69) is 10.9 Å². The highest BCUT2D eigenvalue weighted by Crippen LogP contribution is 2.33. The molecule has 2 unspecified atom stereocenters. The van der Waals surface area contributed by atoms with Crippen molar-refractivity contribution < 1.29 is 13.2 Å². The number of nitrogens with one attached hydrogen (secondary N) is 2. The maximum atomic E-state index is 12.6. The van der Waals surface area contributed by atoms with E-state index in [-0.39, 0.29) is 0 Å². The number of benzene rings is 1. The summed E-state index contributed by atoms with van der Waals surface area (Å²) in [6.45, 7) is 0.300. The molecule has 1 heterocycles. The van der Waals surface area contributed by atoms with Crippen LogP contribution >= 0.6 is 0 Å². The van der Waals surface area contributed by atoms with Gasteiger partial charge in [0.25, 0.3) is 0 Å². The number of hydrogen-bond acceptors (Lipinski definition) is 2. The van der Waals surface area contributed by atoms with Gasteiger partial charge in [-0.3, -0.25) is 5.43 Å². The van der Waals surface area contributed by atoms with Crippen LogP contribution in [0.25, 0.3) is 0 Å². The van der Waals surface area contributed by atoms with E-state index in [9.17, 15) is 13.2 Å². The summed E-state index contributed by atoms with van der Waals surface area (Å²) in [5.74, 6) is -0.550. The van der Waals surface area contributed by atoms with Gasteiger partial charge in [-0.05, 0) is 5.56 Å². The molecule has 0 radical (unpaired) electrons. The fraction of sp³-hybridized carbons (Fsp3) is 0.400. The predicted octanol–water partition coefficient (Wildman–Crippen LogP) is 1.81. The van der Waals surface area contributed by atoms with Crippen molar-refractivity contribution in [3.8, 4) is 0 Å². The Hall–Kier alpha value is -1.07. The topological polar surface area (TPSA) is 24.1 Å². The van der Waals surface area contributed by atoms with Gasteiger partial charge in [0.15, 0.2) is 0 Å². The maximum absolute atomic E-state index is 12.6. The maximum Gasteiger partial charge on any atom is 0.405 e. The summed E-state index contributed by atoms with van der Waals surface area (Å²) in [5, 5.41) is 0. The first-order chi connectivity index (χ1) is 7.09.